The van der Waals surface area contributed by atoms with Crippen molar-refractivity contribution in [2.45, 2.75) is 52.1 Å². The lowest BCUT2D eigenvalue weighted by Crippen LogP contribution is -2.26. The number of nitrogens with zero attached hydrogens (tertiary/aromatic N) is 2. The average Bonchev–Trinajstić information content (AvgIpc) is 2.51. The van der Waals surface area contributed by atoms with Crippen LogP contribution in [-0.4, -0.2) is 35.8 Å². The highest BCUT2D eigenvalue weighted by molar-refractivity contribution is 5.38. The minimum atomic E-state index is 0.204. The lowest BCUT2D eigenvalue weighted by atomic mass is 10.1. The van der Waals surface area contributed by atoms with Gasteiger partial charge in [0.15, 0.2) is 0 Å². The summed E-state index contributed by atoms with van der Waals surface area (Å²) in [6, 6.07) is 1.87. The Morgan fingerprint density at radius 2 is 2.25 bits per heavy atom. The summed E-state index contributed by atoms with van der Waals surface area (Å²) in [6.45, 7) is 6.51. The second kappa shape index (κ2) is 8.04. The van der Waals surface area contributed by atoms with Crippen LogP contribution in [0.25, 0.3) is 0 Å². The molecule has 1 saturated heterocycles. The minimum absolute atomic E-state index is 0.204. The van der Waals surface area contributed by atoms with Crippen molar-refractivity contribution in [3.8, 4) is 5.88 Å². The second-order valence-electron chi connectivity index (χ2n) is 5.09. The van der Waals surface area contributed by atoms with Crippen molar-refractivity contribution in [3.05, 3.63) is 11.9 Å². The summed E-state index contributed by atoms with van der Waals surface area (Å²) in [7, 11) is 0. The first kappa shape index (κ1) is 15.0. The Balaban J connectivity index is 1.94. The monoisotopic (exact) mass is 279 g/mol. The first-order chi connectivity index (χ1) is 9.81. The van der Waals surface area contributed by atoms with Gasteiger partial charge >= 0.3 is 0 Å². The minimum Gasteiger partial charge on any atom is -0.475 e. The summed E-state index contributed by atoms with van der Waals surface area (Å²) in [5.41, 5.74) is 0. The highest BCUT2D eigenvalue weighted by atomic mass is 16.5. The van der Waals surface area contributed by atoms with Gasteiger partial charge in [-0.05, 0) is 25.7 Å². The maximum Gasteiger partial charge on any atom is 0.218 e. The quantitative estimate of drug-likeness (QED) is 0.831. The summed E-state index contributed by atoms with van der Waals surface area (Å²) < 4.78 is 11.5. The van der Waals surface area contributed by atoms with Crippen LogP contribution in [0.1, 0.15) is 45.4 Å². The van der Waals surface area contributed by atoms with E-state index in [1.54, 1.807) is 0 Å². The molecule has 0 amide bonds. The third kappa shape index (κ3) is 4.63. The van der Waals surface area contributed by atoms with Crippen LogP contribution in [0.4, 0.5) is 5.82 Å². The SMILES string of the molecule is CCCNc1cc(OCC2CCCCO2)nc(CC)n1. The molecule has 1 unspecified atom stereocenters. The van der Waals surface area contributed by atoms with Crippen molar-refractivity contribution in [2.75, 3.05) is 25.1 Å². The van der Waals surface area contributed by atoms with E-state index in [1.807, 2.05) is 13.0 Å². The molecule has 0 spiro atoms. The van der Waals surface area contributed by atoms with Gasteiger partial charge in [-0.25, -0.2) is 4.98 Å². The fraction of sp³-hybridized carbons (Fsp3) is 0.733. The molecule has 1 aliphatic rings. The number of rotatable bonds is 7. The average molecular weight is 279 g/mol. The van der Waals surface area contributed by atoms with Gasteiger partial charge in [-0.15, -0.1) is 0 Å². The Hall–Kier alpha value is -1.36. The van der Waals surface area contributed by atoms with Gasteiger partial charge in [-0.3, -0.25) is 0 Å². The van der Waals surface area contributed by atoms with Crippen molar-refractivity contribution in [3.63, 3.8) is 0 Å². The van der Waals surface area contributed by atoms with E-state index in [4.69, 9.17) is 9.47 Å². The molecule has 1 atom stereocenters. The molecule has 5 nitrogen and oxygen atoms in total. The molecule has 20 heavy (non-hydrogen) atoms. The summed E-state index contributed by atoms with van der Waals surface area (Å²) in [6.07, 6.45) is 5.54. The van der Waals surface area contributed by atoms with Crippen LogP contribution in [0.3, 0.4) is 0 Å². The zero-order valence-corrected chi connectivity index (χ0v) is 12.5. The molecule has 0 radical (unpaired) electrons. The number of hydrogen-bond acceptors (Lipinski definition) is 5. The fourth-order valence-corrected chi connectivity index (χ4v) is 2.17. The summed E-state index contributed by atoms with van der Waals surface area (Å²) in [5.74, 6) is 2.30. The lowest BCUT2D eigenvalue weighted by molar-refractivity contribution is -0.0119. The Morgan fingerprint density at radius 3 is 2.95 bits per heavy atom. The molecule has 0 saturated carbocycles. The molecule has 0 aromatic carbocycles. The summed E-state index contributed by atoms with van der Waals surface area (Å²) in [5, 5.41) is 3.29. The zero-order chi connectivity index (χ0) is 14.2. The maximum absolute atomic E-state index is 5.79. The highest BCUT2D eigenvalue weighted by Crippen LogP contribution is 2.17. The standard InChI is InChI=1S/C15H25N3O2/c1-3-8-16-14-10-15(18-13(4-2)17-14)20-11-12-7-5-6-9-19-12/h10,12H,3-9,11H2,1-2H3,(H,16,17,18). The third-order valence-corrected chi connectivity index (χ3v) is 3.31. The molecule has 2 heterocycles. The molecular formula is C15H25N3O2. The number of anilines is 1. The van der Waals surface area contributed by atoms with E-state index in [0.717, 1.165) is 50.5 Å². The van der Waals surface area contributed by atoms with E-state index < -0.39 is 0 Å². The number of hydrogen-bond donors (Lipinski definition) is 1. The van der Waals surface area contributed by atoms with E-state index >= 15 is 0 Å². The van der Waals surface area contributed by atoms with Crippen LogP contribution in [-0.2, 0) is 11.2 Å². The van der Waals surface area contributed by atoms with E-state index in [9.17, 15) is 0 Å². The van der Waals surface area contributed by atoms with Gasteiger partial charge in [-0.2, -0.15) is 4.98 Å². The predicted molar refractivity (Wildman–Crippen MR) is 79.3 cm³/mol. The van der Waals surface area contributed by atoms with Crippen LogP contribution in [0.5, 0.6) is 5.88 Å². The fourth-order valence-electron chi connectivity index (χ4n) is 2.17. The number of ether oxygens (including phenoxy) is 2. The van der Waals surface area contributed by atoms with E-state index in [-0.39, 0.29) is 6.10 Å². The van der Waals surface area contributed by atoms with Gasteiger partial charge in [0.05, 0.1) is 6.10 Å². The molecule has 1 aliphatic heterocycles. The largest absolute Gasteiger partial charge is 0.475 e. The number of aromatic nitrogens is 2. The molecule has 0 bridgehead atoms. The topological polar surface area (TPSA) is 56.3 Å². The van der Waals surface area contributed by atoms with Crippen LogP contribution in [0.2, 0.25) is 0 Å². The molecule has 0 aliphatic carbocycles. The highest BCUT2D eigenvalue weighted by Gasteiger charge is 2.15. The van der Waals surface area contributed by atoms with Crippen molar-refractivity contribution in [1.82, 2.24) is 9.97 Å². The molecular weight excluding hydrogens is 254 g/mol. The second-order valence-corrected chi connectivity index (χ2v) is 5.09. The lowest BCUT2D eigenvalue weighted by Gasteiger charge is -2.22. The summed E-state index contributed by atoms with van der Waals surface area (Å²) >= 11 is 0. The summed E-state index contributed by atoms with van der Waals surface area (Å²) in [4.78, 5) is 8.87. The molecule has 2 rings (SSSR count). The molecule has 1 N–H and O–H groups in total. The Bertz CT molecular complexity index is 406. The first-order valence-electron chi connectivity index (χ1n) is 7.68. The van der Waals surface area contributed by atoms with Crippen LogP contribution in [0, 0.1) is 0 Å². The Kier molecular flexibility index (Phi) is 6.05. The maximum atomic E-state index is 5.79. The molecule has 5 heteroatoms. The van der Waals surface area contributed by atoms with Gasteiger partial charge in [0, 0.05) is 25.6 Å². The van der Waals surface area contributed by atoms with Crippen LogP contribution >= 0.6 is 0 Å². The van der Waals surface area contributed by atoms with Gasteiger partial charge in [0.25, 0.3) is 0 Å². The van der Waals surface area contributed by atoms with Crippen molar-refractivity contribution in [1.29, 1.82) is 0 Å². The molecule has 1 aromatic rings. The van der Waals surface area contributed by atoms with E-state index in [0.29, 0.717) is 12.5 Å². The van der Waals surface area contributed by atoms with Gasteiger partial charge in [-0.1, -0.05) is 13.8 Å². The van der Waals surface area contributed by atoms with Crippen LogP contribution < -0.4 is 10.1 Å². The molecule has 1 fully saturated rings. The van der Waals surface area contributed by atoms with Crippen LogP contribution in [0.15, 0.2) is 6.07 Å². The van der Waals surface area contributed by atoms with Crippen molar-refractivity contribution >= 4 is 5.82 Å². The van der Waals surface area contributed by atoms with E-state index in [2.05, 4.69) is 22.2 Å². The molecule has 112 valence electrons. The van der Waals surface area contributed by atoms with Crippen molar-refractivity contribution in [2.24, 2.45) is 0 Å². The van der Waals surface area contributed by atoms with E-state index in [1.165, 1.54) is 6.42 Å². The number of aryl methyl sites for hydroxylation is 1. The molecule has 1 aromatic heterocycles. The predicted octanol–water partition coefficient (Wildman–Crippen LogP) is 2.81. The van der Waals surface area contributed by atoms with Gasteiger partial charge in [0.2, 0.25) is 5.88 Å². The third-order valence-electron chi connectivity index (χ3n) is 3.31. The normalized spacial score (nSPS) is 18.8. The zero-order valence-electron chi connectivity index (χ0n) is 12.5. The van der Waals surface area contributed by atoms with Gasteiger partial charge in [0.1, 0.15) is 18.2 Å². The van der Waals surface area contributed by atoms with Gasteiger partial charge < -0.3 is 14.8 Å². The smallest absolute Gasteiger partial charge is 0.218 e. The Labute approximate surface area is 121 Å². The van der Waals surface area contributed by atoms with Crippen molar-refractivity contribution < 1.29 is 9.47 Å². The first-order valence-corrected chi connectivity index (χ1v) is 7.68. The Morgan fingerprint density at radius 1 is 1.35 bits per heavy atom. The number of nitrogens with one attached hydrogen (secondary N) is 1.